The van der Waals surface area contributed by atoms with Gasteiger partial charge in [0.2, 0.25) is 11.8 Å². The van der Waals surface area contributed by atoms with E-state index in [1.165, 1.54) is 30.1 Å². The maximum Gasteiger partial charge on any atom is 0.264 e. The molecule has 2 aliphatic rings. The molecule has 1 aliphatic carbocycles. The Balaban J connectivity index is 1.53. The lowest BCUT2D eigenvalue weighted by atomic mass is 9.87. The predicted octanol–water partition coefficient (Wildman–Crippen LogP) is 2.23. The van der Waals surface area contributed by atoms with Crippen molar-refractivity contribution in [1.29, 1.82) is 0 Å². The number of hydrogen-bond donors (Lipinski definition) is 2. The Hall–Kier alpha value is -3.13. The summed E-state index contributed by atoms with van der Waals surface area (Å²) in [5, 5.41) is 5.49. The van der Waals surface area contributed by atoms with Crippen molar-refractivity contribution in [1.82, 2.24) is 14.9 Å². The number of benzene rings is 2. The summed E-state index contributed by atoms with van der Waals surface area (Å²) in [5.41, 5.74) is 2.29. The second kappa shape index (κ2) is 8.31. The molecular weight excluding hydrogens is 402 g/mol. The lowest BCUT2D eigenvalue weighted by molar-refractivity contribution is -0.129. The molecule has 2 N–H and O–H groups in total. The summed E-state index contributed by atoms with van der Waals surface area (Å²) in [4.78, 5) is 25.3. The molecule has 0 fully saturated rings. The number of aryl methyl sites for hydroxylation is 1. The van der Waals surface area contributed by atoms with Crippen molar-refractivity contribution in [2.75, 3.05) is 0 Å². The largest absolute Gasteiger partial charge is 0.349 e. The van der Waals surface area contributed by atoms with Gasteiger partial charge in [0.05, 0.1) is 17.4 Å². The SMILES string of the molecule is O=C(CC1C(=O)NC=CN1S(=O)(=O)c1ccccc1)NC1CCCc2ccccc21. The topological polar surface area (TPSA) is 95.6 Å². The van der Waals surface area contributed by atoms with Gasteiger partial charge < -0.3 is 10.6 Å². The van der Waals surface area contributed by atoms with Crippen molar-refractivity contribution in [3.8, 4) is 0 Å². The summed E-state index contributed by atoms with van der Waals surface area (Å²) < 4.78 is 27.1. The number of nitrogens with one attached hydrogen (secondary N) is 2. The van der Waals surface area contributed by atoms with E-state index in [1.807, 2.05) is 18.2 Å². The minimum absolute atomic E-state index is 0.0657. The van der Waals surface area contributed by atoms with Crippen LogP contribution in [0.4, 0.5) is 0 Å². The Bertz CT molecular complexity index is 1080. The van der Waals surface area contributed by atoms with Gasteiger partial charge in [0, 0.05) is 12.4 Å². The van der Waals surface area contributed by atoms with E-state index in [0.717, 1.165) is 29.1 Å². The fraction of sp³-hybridized carbons (Fsp3) is 0.273. The van der Waals surface area contributed by atoms with Crippen LogP contribution < -0.4 is 10.6 Å². The maximum atomic E-state index is 13.0. The van der Waals surface area contributed by atoms with E-state index >= 15 is 0 Å². The molecule has 30 heavy (non-hydrogen) atoms. The number of nitrogens with zero attached hydrogens (tertiary/aromatic N) is 1. The number of sulfonamides is 1. The first-order valence-electron chi connectivity index (χ1n) is 9.89. The molecule has 1 heterocycles. The lowest BCUT2D eigenvalue weighted by Gasteiger charge is -2.32. The Labute approximate surface area is 175 Å². The molecule has 4 rings (SSSR count). The Morgan fingerprint density at radius 1 is 1.10 bits per heavy atom. The zero-order valence-electron chi connectivity index (χ0n) is 16.3. The van der Waals surface area contributed by atoms with Crippen LogP contribution in [0.15, 0.2) is 71.9 Å². The molecule has 0 saturated carbocycles. The molecule has 2 aromatic rings. The van der Waals surface area contributed by atoms with Crippen LogP contribution in [0.2, 0.25) is 0 Å². The van der Waals surface area contributed by atoms with E-state index < -0.39 is 22.0 Å². The highest BCUT2D eigenvalue weighted by Gasteiger charge is 2.37. The summed E-state index contributed by atoms with van der Waals surface area (Å²) in [6, 6.07) is 14.6. The second-order valence-electron chi connectivity index (χ2n) is 7.40. The highest BCUT2D eigenvalue weighted by Crippen LogP contribution is 2.30. The van der Waals surface area contributed by atoms with Crippen LogP contribution in [0.3, 0.4) is 0 Å². The monoisotopic (exact) mass is 425 g/mol. The highest BCUT2D eigenvalue weighted by atomic mass is 32.2. The predicted molar refractivity (Wildman–Crippen MR) is 111 cm³/mol. The third-order valence-corrected chi connectivity index (χ3v) is 7.26. The fourth-order valence-corrected chi connectivity index (χ4v) is 5.46. The third kappa shape index (κ3) is 3.95. The molecule has 0 radical (unpaired) electrons. The van der Waals surface area contributed by atoms with Crippen LogP contribution in [0.1, 0.15) is 36.4 Å². The van der Waals surface area contributed by atoms with E-state index in [0.29, 0.717) is 0 Å². The maximum absolute atomic E-state index is 13.0. The van der Waals surface area contributed by atoms with Crippen LogP contribution in [0, 0.1) is 0 Å². The molecular formula is C22H23N3O4S. The molecule has 0 aromatic heterocycles. The van der Waals surface area contributed by atoms with Gasteiger partial charge in [0.25, 0.3) is 10.0 Å². The van der Waals surface area contributed by atoms with Crippen LogP contribution in [-0.2, 0) is 26.0 Å². The van der Waals surface area contributed by atoms with Gasteiger partial charge >= 0.3 is 0 Å². The zero-order chi connectivity index (χ0) is 21.1. The van der Waals surface area contributed by atoms with Crippen molar-refractivity contribution < 1.29 is 18.0 Å². The Kier molecular flexibility index (Phi) is 5.59. The first-order chi connectivity index (χ1) is 14.5. The number of carbonyl (C=O) groups excluding carboxylic acids is 2. The van der Waals surface area contributed by atoms with Gasteiger partial charge in [-0.15, -0.1) is 0 Å². The molecule has 0 spiro atoms. The summed E-state index contributed by atoms with van der Waals surface area (Å²) >= 11 is 0. The van der Waals surface area contributed by atoms with Gasteiger partial charge in [-0.3, -0.25) is 13.9 Å². The number of rotatable bonds is 5. The molecule has 7 nitrogen and oxygen atoms in total. The van der Waals surface area contributed by atoms with E-state index in [4.69, 9.17) is 0 Å². The molecule has 0 bridgehead atoms. The highest BCUT2D eigenvalue weighted by molar-refractivity contribution is 7.89. The Morgan fingerprint density at radius 2 is 1.83 bits per heavy atom. The lowest BCUT2D eigenvalue weighted by Crippen LogP contribution is -2.51. The first kappa shape index (κ1) is 20.2. The molecule has 156 valence electrons. The van der Waals surface area contributed by atoms with Gasteiger partial charge in [-0.05, 0) is 42.5 Å². The van der Waals surface area contributed by atoms with Crippen molar-refractivity contribution in [3.63, 3.8) is 0 Å². The van der Waals surface area contributed by atoms with Gasteiger partial charge in [-0.25, -0.2) is 8.42 Å². The average Bonchev–Trinajstić information content (AvgIpc) is 2.76. The normalized spacial score (nSPS) is 20.9. The van der Waals surface area contributed by atoms with E-state index in [1.54, 1.807) is 18.2 Å². The van der Waals surface area contributed by atoms with Gasteiger partial charge in [0.15, 0.2) is 0 Å². The molecule has 0 saturated heterocycles. The number of fused-ring (bicyclic) bond motifs is 1. The van der Waals surface area contributed by atoms with Crippen LogP contribution >= 0.6 is 0 Å². The molecule has 2 atom stereocenters. The van der Waals surface area contributed by atoms with Gasteiger partial charge in [0.1, 0.15) is 6.04 Å². The van der Waals surface area contributed by atoms with E-state index in [2.05, 4.69) is 16.7 Å². The zero-order valence-corrected chi connectivity index (χ0v) is 17.1. The standard InChI is InChI=1S/C22H23N3O4S/c26-21(24-19-12-6-8-16-7-4-5-11-18(16)19)15-20-22(27)23-13-14-25(20)30(28,29)17-9-2-1-3-10-17/h1-5,7,9-11,13-14,19-20H,6,8,12,15H2,(H,23,27)(H,24,26). The number of hydrogen-bond acceptors (Lipinski definition) is 4. The molecule has 8 heteroatoms. The molecule has 2 unspecified atom stereocenters. The Morgan fingerprint density at radius 3 is 2.63 bits per heavy atom. The van der Waals surface area contributed by atoms with Crippen LogP contribution in [0.25, 0.3) is 0 Å². The van der Waals surface area contributed by atoms with Crippen LogP contribution in [0.5, 0.6) is 0 Å². The van der Waals surface area contributed by atoms with Crippen molar-refractivity contribution >= 4 is 21.8 Å². The fourth-order valence-electron chi connectivity index (χ4n) is 3.99. The summed E-state index contributed by atoms with van der Waals surface area (Å²) in [6.45, 7) is 0. The average molecular weight is 426 g/mol. The minimum Gasteiger partial charge on any atom is -0.349 e. The quantitative estimate of drug-likeness (QED) is 0.768. The first-order valence-corrected chi connectivity index (χ1v) is 11.3. The van der Waals surface area contributed by atoms with Gasteiger partial charge in [-0.2, -0.15) is 0 Å². The number of amides is 2. The third-order valence-electron chi connectivity index (χ3n) is 5.46. The van der Waals surface area contributed by atoms with Crippen LogP contribution in [-0.4, -0.2) is 30.6 Å². The van der Waals surface area contributed by atoms with E-state index in [9.17, 15) is 18.0 Å². The van der Waals surface area contributed by atoms with Crippen molar-refractivity contribution in [2.45, 2.75) is 42.7 Å². The number of carbonyl (C=O) groups is 2. The van der Waals surface area contributed by atoms with Crippen molar-refractivity contribution in [2.24, 2.45) is 0 Å². The minimum atomic E-state index is -3.97. The summed E-state index contributed by atoms with van der Waals surface area (Å²) in [7, 11) is -3.97. The molecule has 2 amide bonds. The van der Waals surface area contributed by atoms with Crippen molar-refractivity contribution in [3.05, 3.63) is 78.1 Å². The molecule has 2 aromatic carbocycles. The summed E-state index contributed by atoms with van der Waals surface area (Å²) in [6.07, 6.45) is 5.04. The van der Waals surface area contributed by atoms with E-state index in [-0.39, 0.29) is 23.3 Å². The summed E-state index contributed by atoms with van der Waals surface area (Å²) in [5.74, 6) is -0.892. The van der Waals surface area contributed by atoms with Gasteiger partial charge in [-0.1, -0.05) is 42.5 Å². The molecule has 1 aliphatic heterocycles. The smallest absolute Gasteiger partial charge is 0.264 e. The second-order valence-corrected chi connectivity index (χ2v) is 9.25.